The Labute approximate surface area is 206 Å². The van der Waals surface area contributed by atoms with E-state index in [-0.39, 0.29) is 18.1 Å². The van der Waals surface area contributed by atoms with Gasteiger partial charge in [0.25, 0.3) is 5.91 Å². The Hall–Kier alpha value is -2.86. The Morgan fingerprint density at radius 2 is 2.23 bits per heavy atom. The monoisotopic (exact) mass is 501 g/mol. The number of anilines is 2. The van der Waals surface area contributed by atoms with Crippen LogP contribution in [0.2, 0.25) is 0 Å². The average molecular weight is 502 g/mol. The minimum Gasteiger partial charge on any atom is -0.486 e. The van der Waals surface area contributed by atoms with E-state index >= 15 is 0 Å². The highest BCUT2D eigenvalue weighted by atomic mass is 32.1. The zero-order chi connectivity index (χ0) is 24.4. The first-order valence-corrected chi connectivity index (χ1v) is 12.4. The molecule has 0 spiro atoms. The molecule has 0 aliphatic carbocycles. The van der Waals surface area contributed by atoms with Gasteiger partial charge in [0.1, 0.15) is 34.6 Å². The molecule has 9 nitrogen and oxygen atoms in total. The molecule has 11 heteroatoms. The molecule has 1 amide bonds. The smallest absolute Gasteiger partial charge is 0.261 e. The van der Waals surface area contributed by atoms with Gasteiger partial charge >= 0.3 is 0 Å². The van der Waals surface area contributed by atoms with Crippen LogP contribution < -0.4 is 15.4 Å². The van der Waals surface area contributed by atoms with Gasteiger partial charge in [0, 0.05) is 32.1 Å². The van der Waals surface area contributed by atoms with Crippen molar-refractivity contribution in [1.29, 1.82) is 0 Å². The summed E-state index contributed by atoms with van der Waals surface area (Å²) in [4.78, 5) is 25.2. The first-order chi connectivity index (χ1) is 17.0. The highest BCUT2D eigenvalue weighted by Gasteiger charge is 2.24. The number of carbonyl (C=O) groups is 1. The molecule has 2 saturated heterocycles. The van der Waals surface area contributed by atoms with Crippen LogP contribution in [0.1, 0.15) is 21.7 Å². The molecule has 2 aromatic heterocycles. The molecular weight excluding hydrogens is 473 g/mol. The zero-order valence-electron chi connectivity index (χ0n) is 19.7. The third-order valence-corrected chi connectivity index (χ3v) is 7.34. The van der Waals surface area contributed by atoms with Crippen LogP contribution in [-0.2, 0) is 9.47 Å². The van der Waals surface area contributed by atoms with E-state index in [1.807, 2.05) is 14.0 Å². The van der Waals surface area contributed by atoms with Crippen LogP contribution in [0.15, 0.2) is 24.5 Å². The number of halogens is 1. The summed E-state index contributed by atoms with van der Waals surface area (Å²) in [6.45, 7) is 5.74. The van der Waals surface area contributed by atoms with Gasteiger partial charge in [0.2, 0.25) is 0 Å². The topological polar surface area (TPSA) is 97.8 Å². The number of nitrogens with zero attached hydrogens (tertiary/aromatic N) is 3. The van der Waals surface area contributed by atoms with Crippen LogP contribution in [0.5, 0.6) is 5.75 Å². The third kappa shape index (κ3) is 5.37. The van der Waals surface area contributed by atoms with Crippen LogP contribution in [0.4, 0.5) is 15.9 Å². The number of likely N-dealkylation sites (N-methyl/N-ethyl adjacent to an activating group) is 1. The van der Waals surface area contributed by atoms with E-state index in [0.717, 1.165) is 30.5 Å². The van der Waals surface area contributed by atoms with Crippen molar-refractivity contribution in [1.82, 2.24) is 20.2 Å². The minimum absolute atomic E-state index is 0.0356. The predicted molar refractivity (Wildman–Crippen MR) is 131 cm³/mol. The number of benzene rings is 1. The first-order valence-electron chi connectivity index (χ1n) is 11.6. The number of morpholine rings is 1. The van der Waals surface area contributed by atoms with E-state index in [9.17, 15) is 9.18 Å². The van der Waals surface area contributed by atoms with Crippen molar-refractivity contribution in [3.63, 3.8) is 0 Å². The highest BCUT2D eigenvalue weighted by molar-refractivity contribution is 7.20. The van der Waals surface area contributed by atoms with Crippen molar-refractivity contribution in [3.8, 4) is 5.75 Å². The number of hydrogen-bond donors (Lipinski definition) is 2. The number of carbonyl (C=O) groups excluding carboxylic acids is 1. The second kappa shape index (κ2) is 10.4. The van der Waals surface area contributed by atoms with Crippen molar-refractivity contribution >= 4 is 39.0 Å². The van der Waals surface area contributed by atoms with Gasteiger partial charge in [-0.05, 0) is 31.7 Å². The fourth-order valence-electron chi connectivity index (χ4n) is 4.27. The lowest BCUT2D eigenvalue weighted by atomic mass is 10.2. The molecule has 2 N–H and O–H groups in total. The van der Waals surface area contributed by atoms with Gasteiger partial charge in [-0.25, -0.2) is 14.4 Å². The predicted octanol–water partition coefficient (Wildman–Crippen LogP) is 3.11. The van der Waals surface area contributed by atoms with E-state index in [2.05, 4.69) is 25.5 Å². The maximum Gasteiger partial charge on any atom is 0.261 e. The fraction of sp³-hybridized carbons (Fsp3) is 0.458. The largest absolute Gasteiger partial charge is 0.486 e. The molecule has 3 aromatic rings. The van der Waals surface area contributed by atoms with Gasteiger partial charge in [-0.2, -0.15) is 0 Å². The summed E-state index contributed by atoms with van der Waals surface area (Å²) in [6, 6.07) is 4.33. The Morgan fingerprint density at radius 1 is 1.34 bits per heavy atom. The molecule has 0 saturated carbocycles. The summed E-state index contributed by atoms with van der Waals surface area (Å²) < 4.78 is 31.1. The average Bonchev–Trinajstić information content (AvgIpc) is 3.47. The van der Waals surface area contributed by atoms with E-state index in [1.165, 1.54) is 29.8 Å². The van der Waals surface area contributed by atoms with Crippen molar-refractivity contribution in [2.24, 2.45) is 0 Å². The highest BCUT2D eigenvalue weighted by Crippen LogP contribution is 2.37. The third-order valence-electron chi connectivity index (χ3n) is 6.14. The summed E-state index contributed by atoms with van der Waals surface area (Å²) >= 11 is 1.31. The number of fused-ring (bicyclic) bond motifs is 1. The van der Waals surface area contributed by atoms with Crippen molar-refractivity contribution in [2.75, 3.05) is 51.8 Å². The summed E-state index contributed by atoms with van der Waals surface area (Å²) in [6.07, 6.45) is 2.03. The number of aryl methyl sites for hydroxylation is 1. The Balaban J connectivity index is 1.37. The quantitative estimate of drug-likeness (QED) is 0.510. The molecule has 0 bridgehead atoms. The van der Waals surface area contributed by atoms with Crippen molar-refractivity contribution in [2.45, 2.75) is 25.6 Å². The molecular formula is C24H28FN5O4S. The van der Waals surface area contributed by atoms with Gasteiger partial charge < -0.3 is 29.7 Å². The normalized spacial score (nSPS) is 20.8. The van der Waals surface area contributed by atoms with Crippen LogP contribution in [-0.4, -0.2) is 79.5 Å². The lowest BCUT2D eigenvalue weighted by Gasteiger charge is -2.30. The number of hydrogen-bond acceptors (Lipinski definition) is 9. The number of amides is 1. The molecule has 2 aliphatic heterocycles. The molecule has 4 heterocycles. The number of rotatable bonds is 7. The van der Waals surface area contributed by atoms with E-state index < -0.39 is 5.82 Å². The van der Waals surface area contributed by atoms with Gasteiger partial charge in [0.05, 0.1) is 41.9 Å². The fourth-order valence-corrected chi connectivity index (χ4v) is 5.34. The van der Waals surface area contributed by atoms with Gasteiger partial charge in [-0.1, -0.05) is 0 Å². The van der Waals surface area contributed by atoms with Gasteiger partial charge in [0.15, 0.2) is 0 Å². The molecule has 186 valence electrons. The van der Waals surface area contributed by atoms with Crippen LogP contribution in [0.3, 0.4) is 0 Å². The summed E-state index contributed by atoms with van der Waals surface area (Å²) in [5.74, 6) is 0.353. The maximum atomic E-state index is 14.0. The maximum absolute atomic E-state index is 14.0. The van der Waals surface area contributed by atoms with Crippen molar-refractivity contribution < 1.29 is 23.4 Å². The summed E-state index contributed by atoms with van der Waals surface area (Å²) in [5, 5.41) is 7.00. The van der Waals surface area contributed by atoms with Crippen LogP contribution in [0.25, 0.3) is 10.2 Å². The van der Waals surface area contributed by atoms with Crippen LogP contribution in [0, 0.1) is 12.7 Å². The Bertz CT molecular complexity index is 1220. The SMILES string of the molecule is Cc1c(C(=O)NCC2CN(C)CCO2)sc2ncnc(Nc3ccc(F)cc3O[C@@H]3CCOC3)c12. The lowest BCUT2D eigenvalue weighted by molar-refractivity contribution is -0.0174. The molecule has 2 atom stereocenters. The number of aromatic nitrogens is 2. The van der Waals surface area contributed by atoms with Gasteiger partial charge in [-0.3, -0.25) is 4.79 Å². The number of nitrogens with one attached hydrogen (secondary N) is 2. The molecule has 35 heavy (non-hydrogen) atoms. The molecule has 1 aromatic carbocycles. The molecule has 0 radical (unpaired) electrons. The van der Waals surface area contributed by atoms with Gasteiger partial charge in [-0.15, -0.1) is 11.3 Å². The van der Waals surface area contributed by atoms with Crippen LogP contribution >= 0.6 is 11.3 Å². The standard InChI is InChI=1S/C24H28FN5O4S/c1-14-20-22(29-18-4-3-15(25)9-19(18)34-16-5-7-32-12-16)27-13-28-24(20)35-21(14)23(31)26-10-17-11-30(2)6-8-33-17/h3-4,9,13,16-17H,5-8,10-12H2,1-2H3,(H,26,31)(H,27,28,29)/t16-,17?/m1/s1. The van der Waals surface area contributed by atoms with E-state index in [1.54, 1.807) is 6.07 Å². The lowest BCUT2D eigenvalue weighted by Crippen LogP contribution is -2.45. The number of ether oxygens (including phenoxy) is 3. The zero-order valence-corrected chi connectivity index (χ0v) is 20.5. The second-order valence-corrected chi connectivity index (χ2v) is 9.79. The molecule has 5 rings (SSSR count). The number of thiophene rings is 1. The first kappa shape index (κ1) is 23.9. The van der Waals surface area contributed by atoms with E-state index in [4.69, 9.17) is 14.2 Å². The molecule has 1 unspecified atom stereocenters. The van der Waals surface area contributed by atoms with E-state index in [0.29, 0.717) is 53.3 Å². The second-order valence-electron chi connectivity index (χ2n) is 8.79. The molecule has 2 fully saturated rings. The summed E-state index contributed by atoms with van der Waals surface area (Å²) in [5.41, 5.74) is 1.36. The molecule has 2 aliphatic rings. The van der Waals surface area contributed by atoms with Crippen molar-refractivity contribution in [3.05, 3.63) is 40.8 Å². The minimum atomic E-state index is -0.392. The Morgan fingerprint density at radius 3 is 3.03 bits per heavy atom. The summed E-state index contributed by atoms with van der Waals surface area (Å²) in [7, 11) is 2.04. The Kier molecular flexibility index (Phi) is 7.09.